The molecule has 0 saturated heterocycles. The normalized spacial score (nSPS) is 12.7. The lowest BCUT2D eigenvalue weighted by Crippen LogP contribution is -2.45. The lowest BCUT2D eigenvalue weighted by Gasteiger charge is -2.33. The number of methoxy groups -OCH3 is 1. The van der Waals surface area contributed by atoms with Crippen LogP contribution in [0.1, 0.15) is 51.4 Å². The number of hydrogen-bond donors (Lipinski definition) is 1. The maximum Gasteiger partial charge on any atom is 0.255 e. The summed E-state index contributed by atoms with van der Waals surface area (Å²) in [5.41, 5.74) is -0.0497. The van der Waals surface area contributed by atoms with Gasteiger partial charge in [-0.3, -0.25) is 4.79 Å². The van der Waals surface area contributed by atoms with Gasteiger partial charge in [0.05, 0.1) is 19.3 Å². The average Bonchev–Trinajstić information content (AvgIpc) is 2.42. The van der Waals surface area contributed by atoms with Crippen LogP contribution in [0.3, 0.4) is 0 Å². The molecule has 0 bridgehead atoms. The van der Waals surface area contributed by atoms with Crippen molar-refractivity contribution in [3.8, 4) is 11.5 Å². The summed E-state index contributed by atoms with van der Waals surface area (Å²) < 4.78 is 25.2. The maximum atomic E-state index is 14.2. The van der Waals surface area contributed by atoms with Crippen molar-refractivity contribution in [1.29, 1.82) is 0 Å². The second-order valence-electron chi connectivity index (χ2n) is 10.2. The highest BCUT2D eigenvalue weighted by Gasteiger charge is 2.29. The highest BCUT2D eigenvalue weighted by Crippen LogP contribution is 2.35. The van der Waals surface area contributed by atoms with Gasteiger partial charge in [0, 0.05) is 13.6 Å². The van der Waals surface area contributed by atoms with Gasteiger partial charge >= 0.3 is 0 Å². The van der Waals surface area contributed by atoms with Crippen molar-refractivity contribution < 1.29 is 18.7 Å². The summed E-state index contributed by atoms with van der Waals surface area (Å²) in [5, 5.41) is 3.06. The van der Waals surface area contributed by atoms with Crippen LogP contribution in [0.4, 0.5) is 4.39 Å². The molecule has 4 nitrogen and oxygen atoms in total. The molecule has 0 atom stereocenters. The molecule has 0 heterocycles. The fraction of sp³-hybridized carbons (Fsp3) is 0.667. The molecule has 27 heavy (non-hydrogen) atoms. The van der Waals surface area contributed by atoms with Gasteiger partial charge in [0.1, 0.15) is 0 Å². The van der Waals surface area contributed by atoms with Crippen molar-refractivity contribution >= 4 is 14.0 Å². The van der Waals surface area contributed by atoms with Crippen molar-refractivity contribution in [3.05, 3.63) is 23.5 Å². The van der Waals surface area contributed by atoms with E-state index in [1.807, 2.05) is 13.8 Å². The maximum absolute atomic E-state index is 14.2. The number of benzene rings is 1. The van der Waals surface area contributed by atoms with E-state index < -0.39 is 19.4 Å². The third-order valence-corrected chi connectivity index (χ3v) is 5.74. The van der Waals surface area contributed by atoms with Gasteiger partial charge in [-0.1, -0.05) is 40.4 Å². The molecule has 0 aliphatic heterocycles. The van der Waals surface area contributed by atoms with Gasteiger partial charge in [-0.05, 0) is 43.9 Å². The molecule has 0 spiro atoms. The second kappa shape index (κ2) is 8.63. The molecule has 1 aromatic carbocycles. The number of hydrogen-bond acceptors (Lipinski definition) is 3. The van der Waals surface area contributed by atoms with Crippen LogP contribution in [0.15, 0.2) is 12.1 Å². The molecule has 0 aliphatic carbocycles. The van der Waals surface area contributed by atoms with Gasteiger partial charge in [0.15, 0.2) is 17.3 Å². The third kappa shape index (κ3) is 7.91. The Labute approximate surface area is 164 Å². The zero-order valence-corrected chi connectivity index (χ0v) is 19.4. The van der Waals surface area contributed by atoms with Gasteiger partial charge in [0.2, 0.25) is 0 Å². The predicted molar refractivity (Wildman–Crippen MR) is 112 cm³/mol. The van der Waals surface area contributed by atoms with E-state index in [1.54, 1.807) is 0 Å². The summed E-state index contributed by atoms with van der Waals surface area (Å²) in [6, 6.07) is 3.61. The first-order valence-electron chi connectivity index (χ1n) is 9.47. The molecule has 1 N–H and O–H groups in total. The standard InChI is InChI=1S/C21H36FNO3Si/c1-20(2,3)14-21(4,5)23-19(24)15-10-11-16(22)18(25-6)17(15)26-12-13-27(7,8)9/h10-11H,12-14H2,1-9H3,(H,23,24). The van der Waals surface area contributed by atoms with E-state index in [0.29, 0.717) is 12.2 Å². The van der Waals surface area contributed by atoms with E-state index in [-0.39, 0.29) is 22.8 Å². The molecule has 0 saturated carbocycles. The van der Waals surface area contributed by atoms with Crippen molar-refractivity contribution in [2.45, 2.75) is 72.3 Å². The minimum Gasteiger partial charge on any atom is -0.490 e. The Bertz CT molecular complexity index is 661. The van der Waals surface area contributed by atoms with Crippen LogP contribution in [0.25, 0.3) is 0 Å². The fourth-order valence-electron chi connectivity index (χ4n) is 3.25. The monoisotopic (exact) mass is 397 g/mol. The van der Waals surface area contributed by atoms with Crippen LogP contribution in [-0.4, -0.2) is 33.2 Å². The average molecular weight is 398 g/mol. The zero-order valence-electron chi connectivity index (χ0n) is 18.4. The first-order valence-corrected chi connectivity index (χ1v) is 13.2. The number of nitrogens with one attached hydrogen (secondary N) is 1. The molecule has 0 fully saturated rings. The number of amides is 1. The fourth-order valence-corrected chi connectivity index (χ4v) is 3.97. The smallest absolute Gasteiger partial charge is 0.255 e. The molecule has 0 radical (unpaired) electrons. The summed E-state index contributed by atoms with van der Waals surface area (Å²) in [6.45, 7) is 17.5. The minimum absolute atomic E-state index is 0.0214. The van der Waals surface area contributed by atoms with Gasteiger partial charge < -0.3 is 14.8 Å². The lowest BCUT2D eigenvalue weighted by atomic mass is 9.81. The van der Waals surface area contributed by atoms with Crippen LogP contribution in [0, 0.1) is 11.2 Å². The minimum atomic E-state index is -1.32. The van der Waals surface area contributed by atoms with E-state index in [4.69, 9.17) is 9.47 Å². The number of carbonyl (C=O) groups excluding carboxylic acids is 1. The van der Waals surface area contributed by atoms with Crippen LogP contribution >= 0.6 is 0 Å². The molecule has 0 aromatic heterocycles. The molecule has 1 amide bonds. The Morgan fingerprint density at radius 2 is 1.70 bits per heavy atom. The van der Waals surface area contributed by atoms with Gasteiger partial charge in [-0.2, -0.15) is 0 Å². The number of halogens is 1. The molecule has 6 heteroatoms. The van der Waals surface area contributed by atoms with Crippen molar-refractivity contribution in [3.63, 3.8) is 0 Å². The third-order valence-electron chi connectivity index (χ3n) is 4.04. The molecular formula is C21H36FNO3Si. The van der Waals surface area contributed by atoms with E-state index in [0.717, 1.165) is 12.5 Å². The predicted octanol–water partition coefficient (Wildman–Crippen LogP) is 5.50. The SMILES string of the molecule is COc1c(F)ccc(C(=O)NC(C)(C)CC(C)(C)C)c1OCC[Si](C)(C)C. The van der Waals surface area contributed by atoms with Crippen molar-refractivity contribution in [2.75, 3.05) is 13.7 Å². The molecule has 1 rings (SSSR count). The van der Waals surface area contributed by atoms with Crippen molar-refractivity contribution in [1.82, 2.24) is 5.32 Å². The Hall–Kier alpha value is -1.56. The number of rotatable bonds is 8. The topological polar surface area (TPSA) is 47.6 Å². The summed E-state index contributed by atoms with van der Waals surface area (Å²) in [7, 11) is 0.0620. The second-order valence-corrected chi connectivity index (χ2v) is 15.8. The molecule has 0 unspecified atom stereocenters. The van der Waals surface area contributed by atoms with E-state index >= 15 is 0 Å². The van der Waals surface area contributed by atoms with Crippen LogP contribution in [0.5, 0.6) is 11.5 Å². The Morgan fingerprint density at radius 3 is 2.19 bits per heavy atom. The van der Waals surface area contributed by atoms with Gasteiger partial charge in [-0.25, -0.2) is 4.39 Å². The Kier molecular flexibility index (Phi) is 7.50. The number of carbonyl (C=O) groups is 1. The first kappa shape index (κ1) is 23.5. The van der Waals surface area contributed by atoms with Crippen LogP contribution in [0.2, 0.25) is 25.7 Å². The zero-order chi connectivity index (χ0) is 21.0. The molecule has 0 aliphatic rings. The van der Waals surface area contributed by atoms with E-state index in [2.05, 4.69) is 45.7 Å². The molecule has 1 aromatic rings. The highest BCUT2D eigenvalue weighted by atomic mass is 28.3. The highest BCUT2D eigenvalue weighted by molar-refractivity contribution is 6.76. The van der Waals surface area contributed by atoms with Crippen LogP contribution in [-0.2, 0) is 0 Å². The summed E-state index contributed by atoms with van der Waals surface area (Å²) in [4.78, 5) is 12.9. The Balaban J connectivity index is 3.13. The van der Waals surface area contributed by atoms with Crippen LogP contribution < -0.4 is 14.8 Å². The van der Waals surface area contributed by atoms with E-state index in [1.165, 1.54) is 19.2 Å². The first-order chi connectivity index (χ1) is 12.2. The molecular weight excluding hydrogens is 361 g/mol. The largest absolute Gasteiger partial charge is 0.490 e. The Morgan fingerprint density at radius 1 is 1.11 bits per heavy atom. The van der Waals surface area contributed by atoms with Crippen molar-refractivity contribution in [2.24, 2.45) is 5.41 Å². The molecule has 154 valence electrons. The number of ether oxygens (including phenoxy) is 2. The van der Waals surface area contributed by atoms with E-state index in [9.17, 15) is 9.18 Å². The van der Waals surface area contributed by atoms with Gasteiger partial charge in [-0.15, -0.1) is 0 Å². The summed E-state index contributed by atoms with van der Waals surface area (Å²) in [6.07, 6.45) is 0.801. The lowest BCUT2D eigenvalue weighted by molar-refractivity contribution is 0.0886. The van der Waals surface area contributed by atoms with Gasteiger partial charge in [0.25, 0.3) is 5.91 Å². The quantitative estimate of drug-likeness (QED) is 0.590. The summed E-state index contributed by atoms with van der Waals surface area (Å²) >= 11 is 0. The summed E-state index contributed by atoms with van der Waals surface area (Å²) in [5.74, 6) is -0.664.